The van der Waals surface area contributed by atoms with Crippen LogP contribution in [0.3, 0.4) is 0 Å². The lowest BCUT2D eigenvalue weighted by atomic mass is 9.75. The van der Waals surface area contributed by atoms with Crippen molar-refractivity contribution in [2.75, 3.05) is 13.1 Å². The number of piperidine rings is 1. The molecule has 3 atom stereocenters. The van der Waals surface area contributed by atoms with E-state index in [-0.39, 0.29) is 23.8 Å². The number of nitrogens with one attached hydrogen (secondary N) is 2. The fourth-order valence-corrected chi connectivity index (χ4v) is 4.26. The fourth-order valence-electron chi connectivity index (χ4n) is 4.26. The number of hydrogen-bond donors (Lipinski definition) is 2. The maximum atomic E-state index is 13.4. The Morgan fingerprint density at radius 2 is 1.44 bits per heavy atom. The Labute approximate surface area is 159 Å². The summed E-state index contributed by atoms with van der Waals surface area (Å²) in [6, 6.07) is 19.8. The maximum absolute atomic E-state index is 13.4. The van der Waals surface area contributed by atoms with E-state index in [9.17, 15) is 9.59 Å². The number of rotatable bonds is 3. The summed E-state index contributed by atoms with van der Waals surface area (Å²) >= 11 is 0. The van der Waals surface area contributed by atoms with Crippen LogP contribution in [0.2, 0.25) is 0 Å². The van der Waals surface area contributed by atoms with Crippen LogP contribution in [0.1, 0.15) is 42.3 Å². The summed E-state index contributed by atoms with van der Waals surface area (Å²) in [5.74, 6) is -1.27. The Morgan fingerprint density at radius 3 is 2.07 bits per heavy atom. The molecule has 2 aromatic carbocycles. The maximum Gasteiger partial charge on any atom is 0.247 e. The minimum atomic E-state index is -0.725. The third-order valence-electron chi connectivity index (χ3n) is 5.63. The highest BCUT2D eigenvalue weighted by Gasteiger charge is 2.46. The molecule has 0 radical (unpaired) electrons. The number of likely N-dealkylation sites (tertiary alicyclic amines) is 1. The van der Waals surface area contributed by atoms with Gasteiger partial charge in [-0.1, -0.05) is 60.7 Å². The molecule has 2 fully saturated rings. The summed E-state index contributed by atoms with van der Waals surface area (Å²) in [5, 5.41) is 0. The summed E-state index contributed by atoms with van der Waals surface area (Å²) in [6.45, 7) is 1.49. The molecule has 2 amide bonds. The molecule has 0 bridgehead atoms. The summed E-state index contributed by atoms with van der Waals surface area (Å²) in [4.78, 5) is 28.1. The molecule has 2 aliphatic rings. The first-order valence-electron chi connectivity index (χ1n) is 9.70. The Kier molecular flexibility index (Phi) is 5.21. The van der Waals surface area contributed by atoms with E-state index in [0.717, 1.165) is 43.5 Å². The Balaban J connectivity index is 1.74. The van der Waals surface area contributed by atoms with Crippen molar-refractivity contribution in [3.05, 3.63) is 71.8 Å². The lowest BCUT2D eigenvalue weighted by Crippen LogP contribution is -2.58. The van der Waals surface area contributed by atoms with Crippen LogP contribution < -0.4 is 10.9 Å². The Morgan fingerprint density at radius 1 is 0.852 bits per heavy atom. The first-order valence-corrected chi connectivity index (χ1v) is 9.70. The molecule has 140 valence electrons. The lowest BCUT2D eigenvalue weighted by molar-refractivity contribution is -0.147. The highest BCUT2D eigenvalue weighted by atomic mass is 16.2. The fraction of sp³-hybridized carbons (Fsp3) is 0.364. The highest BCUT2D eigenvalue weighted by molar-refractivity contribution is 6.02. The summed E-state index contributed by atoms with van der Waals surface area (Å²) in [6.07, 6.45) is 3.17. The molecular formula is C22H25N3O2. The third kappa shape index (κ3) is 3.60. The molecular weight excluding hydrogens is 338 g/mol. The van der Waals surface area contributed by atoms with Crippen LogP contribution in [0, 0.1) is 5.92 Å². The van der Waals surface area contributed by atoms with E-state index in [1.54, 1.807) is 0 Å². The van der Waals surface area contributed by atoms with Gasteiger partial charge in [0.2, 0.25) is 11.8 Å². The van der Waals surface area contributed by atoms with Gasteiger partial charge in [0, 0.05) is 19.0 Å². The van der Waals surface area contributed by atoms with Crippen molar-refractivity contribution in [2.24, 2.45) is 5.92 Å². The van der Waals surface area contributed by atoms with Gasteiger partial charge < -0.3 is 4.90 Å². The number of carbonyl (C=O) groups is 2. The van der Waals surface area contributed by atoms with Gasteiger partial charge in [0.25, 0.3) is 0 Å². The summed E-state index contributed by atoms with van der Waals surface area (Å²) in [5.41, 5.74) is 7.98. The first kappa shape index (κ1) is 17.7. The van der Waals surface area contributed by atoms with E-state index in [1.165, 1.54) is 0 Å². The standard InChI is InChI=1S/C22H25N3O2/c26-21-19(22(27)25-14-8-3-9-15-25)18(16-10-4-1-5-11-16)20(23-24-21)17-12-6-2-7-13-17/h1-2,4-7,10-13,18-20,23H,3,8-9,14-15H2,(H,24,26). The van der Waals surface area contributed by atoms with Crippen molar-refractivity contribution in [3.63, 3.8) is 0 Å². The normalized spacial score (nSPS) is 25.7. The van der Waals surface area contributed by atoms with Crippen molar-refractivity contribution >= 4 is 11.8 Å². The van der Waals surface area contributed by atoms with E-state index < -0.39 is 5.92 Å². The minimum Gasteiger partial charge on any atom is -0.342 e. The molecule has 3 unspecified atom stereocenters. The van der Waals surface area contributed by atoms with Gasteiger partial charge in [0.1, 0.15) is 5.92 Å². The van der Waals surface area contributed by atoms with Crippen LogP contribution in [-0.2, 0) is 9.59 Å². The molecule has 0 aliphatic carbocycles. The van der Waals surface area contributed by atoms with E-state index in [2.05, 4.69) is 10.9 Å². The monoisotopic (exact) mass is 363 g/mol. The van der Waals surface area contributed by atoms with Crippen molar-refractivity contribution in [1.29, 1.82) is 0 Å². The molecule has 2 N–H and O–H groups in total. The second kappa shape index (κ2) is 7.92. The topological polar surface area (TPSA) is 61.4 Å². The number of amides is 2. The molecule has 4 rings (SSSR count). The quantitative estimate of drug-likeness (QED) is 0.825. The van der Waals surface area contributed by atoms with Crippen molar-refractivity contribution < 1.29 is 9.59 Å². The summed E-state index contributed by atoms with van der Waals surface area (Å²) < 4.78 is 0. The van der Waals surface area contributed by atoms with Gasteiger partial charge in [-0.25, -0.2) is 5.43 Å². The number of hydrazine groups is 1. The van der Waals surface area contributed by atoms with Gasteiger partial charge >= 0.3 is 0 Å². The van der Waals surface area contributed by atoms with E-state index in [4.69, 9.17) is 0 Å². The van der Waals surface area contributed by atoms with Gasteiger partial charge in [-0.05, 0) is 30.4 Å². The van der Waals surface area contributed by atoms with Gasteiger partial charge in [-0.15, -0.1) is 0 Å². The molecule has 0 spiro atoms. The SMILES string of the molecule is O=C1NNC(c2ccccc2)C(c2ccccc2)C1C(=O)N1CCCCC1. The van der Waals surface area contributed by atoms with Crippen LogP contribution in [-0.4, -0.2) is 29.8 Å². The number of nitrogens with zero attached hydrogens (tertiary/aromatic N) is 1. The molecule has 2 heterocycles. The molecule has 2 saturated heterocycles. The summed E-state index contributed by atoms with van der Waals surface area (Å²) in [7, 11) is 0. The molecule has 2 aromatic rings. The zero-order valence-corrected chi connectivity index (χ0v) is 15.3. The highest BCUT2D eigenvalue weighted by Crippen LogP contribution is 2.40. The molecule has 0 saturated carbocycles. The molecule has 5 heteroatoms. The minimum absolute atomic E-state index is 0.0523. The van der Waals surface area contributed by atoms with E-state index >= 15 is 0 Å². The van der Waals surface area contributed by atoms with Gasteiger partial charge in [-0.2, -0.15) is 0 Å². The average molecular weight is 363 g/mol. The van der Waals surface area contributed by atoms with Crippen LogP contribution in [0.15, 0.2) is 60.7 Å². The molecule has 27 heavy (non-hydrogen) atoms. The van der Waals surface area contributed by atoms with Crippen molar-refractivity contribution in [3.8, 4) is 0 Å². The second-order valence-corrected chi connectivity index (χ2v) is 7.32. The van der Waals surface area contributed by atoms with Gasteiger partial charge in [-0.3, -0.25) is 15.0 Å². The zero-order chi connectivity index (χ0) is 18.6. The van der Waals surface area contributed by atoms with Crippen molar-refractivity contribution in [1.82, 2.24) is 15.8 Å². The molecule has 5 nitrogen and oxygen atoms in total. The van der Waals surface area contributed by atoms with Gasteiger partial charge in [0.05, 0.1) is 6.04 Å². The smallest absolute Gasteiger partial charge is 0.247 e. The Hall–Kier alpha value is -2.66. The predicted octanol–water partition coefficient (Wildman–Crippen LogP) is 2.77. The van der Waals surface area contributed by atoms with Crippen LogP contribution in [0.4, 0.5) is 0 Å². The van der Waals surface area contributed by atoms with Crippen LogP contribution >= 0.6 is 0 Å². The number of carbonyl (C=O) groups excluding carboxylic acids is 2. The number of benzene rings is 2. The predicted molar refractivity (Wildman–Crippen MR) is 104 cm³/mol. The molecule has 2 aliphatic heterocycles. The van der Waals surface area contributed by atoms with Gasteiger partial charge in [0.15, 0.2) is 0 Å². The average Bonchev–Trinajstić information content (AvgIpc) is 2.75. The second-order valence-electron chi connectivity index (χ2n) is 7.32. The van der Waals surface area contributed by atoms with Crippen LogP contribution in [0.25, 0.3) is 0 Å². The van der Waals surface area contributed by atoms with Crippen molar-refractivity contribution in [2.45, 2.75) is 31.2 Å². The van der Waals surface area contributed by atoms with E-state index in [0.29, 0.717) is 0 Å². The van der Waals surface area contributed by atoms with E-state index in [1.807, 2.05) is 65.6 Å². The molecule has 0 aromatic heterocycles. The third-order valence-corrected chi connectivity index (χ3v) is 5.63. The van der Waals surface area contributed by atoms with Crippen LogP contribution in [0.5, 0.6) is 0 Å². The zero-order valence-electron chi connectivity index (χ0n) is 15.3. The lowest BCUT2D eigenvalue weighted by Gasteiger charge is -2.40. The first-order chi connectivity index (χ1) is 13.3. The largest absolute Gasteiger partial charge is 0.342 e. The Bertz CT molecular complexity index is 788. The number of hydrogen-bond acceptors (Lipinski definition) is 3.